The molecule has 5 N–H and O–H groups in total. The number of amides is 1. The third kappa shape index (κ3) is 9.21. The summed E-state index contributed by atoms with van der Waals surface area (Å²) in [4.78, 5) is 22.9. The lowest BCUT2D eigenvalue weighted by atomic mass is 9.82. The average Bonchev–Trinajstić information content (AvgIpc) is 2.54. The van der Waals surface area contributed by atoms with E-state index in [0.717, 1.165) is 6.42 Å². The Morgan fingerprint density at radius 2 is 1.80 bits per heavy atom. The molecule has 1 aliphatic carbocycles. The van der Waals surface area contributed by atoms with Crippen molar-refractivity contribution in [2.75, 3.05) is 6.54 Å². The van der Waals surface area contributed by atoms with Gasteiger partial charge in [0.15, 0.2) is 0 Å². The van der Waals surface area contributed by atoms with Crippen LogP contribution in [0, 0.1) is 17.8 Å². The molecule has 0 radical (unpaired) electrons. The van der Waals surface area contributed by atoms with Crippen LogP contribution in [0.1, 0.15) is 71.6 Å². The van der Waals surface area contributed by atoms with Crippen molar-refractivity contribution in [2.24, 2.45) is 23.5 Å². The van der Waals surface area contributed by atoms with Crippen LogP contribution in [0.3, 0.4) is 0 Å². The summed E-state index contributed by atoms with van der Waals surface area (Å²) in [6.07, 6.45) is 7.18. The molecule has 0 aliphatic heterocycles. The lowest BCUT2D eigenvalue weighted by Crippen LogP contribution is -2.41. The van der Waals surface area contributed by atoms with Crippen LogP contribution < -0.4 is 11.1 Å². The van der Waals surface area contributed by atoms with Gasteiger partial charge in [0.1, 0.15) is 0 Å². The second-order valence-corrected chi connectivity index (χ2v) is 7.97. The molecule has 6 nitrogen and oxygen atoms in total. The van der Waals surface area contributed by atoms with Gasteiger partial charge < -0.3 is 21.3 Å². The van der Waals surface area contributed by atoms with E-state index in [1.54, 1.807) is 0 Å². The number of carbonyl (C=O) groups is 2. The number of carboxylic acid groups (broad SMARTS) is 1. The average molecular weight is 357 g/mol. The van der Waals surface area contributed by atoms with Gasteiger partial charge in [-0.05, 0) is 31.1 Å². The number of nitrogens with two attached hydrogens (primary N) is 1. The molecular formula is C19H36N2O4. The van der Waals surface area contributed by atoms with Gasteiger partial charge in [-0.3, -0.25) is 9.59 Å². The molecule has 1 amide bonds. The summed E-state index contributed by atoms with van der Waals surface area (Å²) in [6.45, 7) is 4.19. The topological polar surface area (TPSA) is 113 Å². The second kappa shape index (κ2) is 11.5. The third-order valence-electron chi connectivity index (χ3n) is 5.12. The van der Waals surface area contributed by atoms with Crippen LogP contribution >= 0.6 is 0 Å². The van der Waals surface area contributed by atoms with E-state index in [4.69, 9.17) is 10.8 Å². The van der Waals surface area contributed by atoms with Gasteiger partial charge >= 0.3 is 5.97 Å². The number of carbonyl (C=O) groups excluding carboxylic acids is 1. The third-order valence-corrected chi connectivity index (χ3v) is 5.12. The highest BCUT2D eigenvalue weighted by Gasteiger charge is 2.28. The Bertz CT molecular complexity index is 408. The van der Waals surface area contributed by atoms with Crippen LogP contribution in [0.2, 0.25) is 0 Å². The first-order chi connectivity index (χ1) is 11.8. The van der Waals surface area contributed by atoms with Gasteiger partial charge in [-0.15, -0.1) is 0 Å². The molecule has 0 aromatic carbocycles. The highest BCUT2D eigenvalue weighted by atomic mass is 16.4. The number of aliphatic hydroxyl groups is 1. The van der Waals surface area contributed by atoms with Crippen molar-refractivity contribution in [3.05, 3.63) is 0 Å². The van der Waals surface area contributed by atoms with Gasteiger partial charge in [-0.2, -0.15) is 0 Å². The fraction of sp³-hybridized carbons (Fsp3) is 0.895. The second-order valence-electron chi connectivity index (χ2n) is 7.97. The summed E-state index contributed by atoms with van der Waals surface area (Å²) in [5.41, 5.74) is 6.21. The quantitative estimate of drug-likeness (QED) is 0.454. The molecule has 0 spiro atoms. The van der Waals surface area contributed by atoms with Crippen molar-refractivity contribution in [3.63, 3.8) is 0 Å². The molecule has 146 valence electrons. The molecule has 0 saturated heterocycles. The van der Waals surface area contributed by atoms with Crippen LogP contribution in [0.4, 0.5) is 0 Å². The molecule has 1 saturated carbocycles. The van der Waals surface area contributed by atoms with Gasteiger partial charge in [0, 0.05) is 18.5 Å². The normalized spacial score (nSPS) is 19.4. The molecule has 3 atom stereocenters. The van der Waals surface area contributed by atoms with E-state index < -0.39 is 12.1 Å². The number of rotatable bonds is 11. The van der Waals surface area contributed by atoms with Gasteiger partial charge in [-0.1, -0.05) is 46.0 Å². The summed E-state index contributed by atoms with van der Waals surface area (Å²) in [6, 6.07) is -0.301. The van der Waals surface area contributed by atoms with Crippen LogP contribution in [-0.4, -0.2) is 40.8 Å². The smallest absolute Gasteiger partial charge is 0.305 e. The summed E-state index contributed by atoms with van der Waals surface area (Å²) in [7, 11) is 0. The zero-order valence-corrected chi connectivity index (χ0v) is 15.7. The lowest BCUT2D eigenvalue weighted by Gasteiger charge is -2.29. The maximum atomic E-state index is 12.4. The highest BCUT2D eigenvalue weighted by Crippen LogP contribution is 2.28. The minimum absolute atomic E-state index is 0.0934. The molecule has 0 aromatic rings. The van der Waals surface area contributed by atoms with E-state index in [1.165, 1.54) is 32.1 Å². The Hall–Kier alpha value is -1.14. The van der Waals surface area contributed by atoms with Crippen LogP contribution in [0.25, 0.3) is 0 Å². The summed E-state index contributed by atoms with van der Waals surface area (Å²) >= 11 is 0. The van der Waals surface area contributed by atoms with Gasteiger partial charge in [0.25, 0.3) is 0 Å². The maximum absolute atomic E-state index is 12.4. The summed E-state index contributed by atoms with van der Waals surface area (Å²) in [5.74, 6) is -0.543. The number of aliphatic carboxylic acids is 1. The number of nitrogens with one attached hydrogen (secondary N) is 1. The van der Waals surface area contributed by atoms with E-state index in [0.29, 0.717) is 24.7 Å². The van der Waals surface area contributed by atoms with Gasteiger partial charge in [-0.25, -0.2) is 0 Å². The largest absolute Gasteiger partial charge is 0.481 e. The molecule has 0 unspecified atom stereocenters. The lowest BCUT2D eigenvalue weighted by molar-refractivity contribution is -0.137. The molecule has 25 heavy (non-hydrogen) atoms. The van der Waals surface area contributed by atoms with E-state index in [9.17, 15) is 14.7 Å². The summed E-state index contributed by atoms with van der Waals surface area (Å²) < 4.78 is 0. The Kier molecular flexibility index (Phi) is 10.0. The van der Waals surface area contributed by atoms with Crippen molar-refractivity contribution in [1.82, 2.24) is 5.32 Å². The maximum Gasteiger partial charge on any atom is 0.305 e. The molecule has 0 bridgehead atoms. The predicted octanol–water partition coefficient (Wildman–Crippen LogP) is 2.29. The predicted molar refractivity (Wildman–Crippen MR) is 98.0 cm³/mol. The molecule has 1 fully saturated rings. The first-order valence-corrected chi connectivity index (χ1v) is 9.72. The molecule has 0 aromatic heterocycles. The molecule has 6 heteroatoms. The van der Waals surface area contributed by atoms with E-state index >= 15 is 0 Å². The van der Waals surface area contributed by atoms with Gasteiger partial charge in [0.05, 0.1) is 12.5 Å². The Labute approximate surface area is 151 Å². The Balaban J connectivity index is 2.50. The Morgan fingerprint density at radius 1 is 1.16 bits per heavy atom. The van der Waals surface area contributed by atoms with Crippen LogP contribution in [0.15, 0.2) is 0 Å². The highest BCUT2D eigenvalue weighted by molar-refractivity contribution is 5.79. The van der Waals surface area contributed by atoms with Crippen molar-refractivity contribution in [2.45, 2.75) is 83.8 Å². The first kappa shape index (κ1) is 21.9. The minimum Gasteiger partial charge on any atom is -0.481 e. The van der Waals surface area contributed by atoms with E-state index in [2.05, 4.69) is 5.32 Å². The monoisotopic (exact) mass is 356 g/mol. The number of aliphatic hydroxyl groups excluding tert-OH is 1. The standard InChI is InChI=1S/C19H36N2O4/c1-13(2)10-15(19(25)21-9-8-18(23)24)12-17(22)16(20)11-14-6-4-3-5-7-14/h13-17,22H,3-12,20H2,1-2H3,(H,21,25)(H,23,24)/t15-,16+,17+/m1/s1. The van der Waals surface area contributed by atoms with Crippen molar-refractivity contribution in [1.29, 1.82) is 0 Å². The first-order valence-electron chi connectivity index (χ1n) is 9.72. The molecule has 1 rings (SSSR count). The van der Waals surface area contributed by atoms with Crippen molar-refractivity contribution >= 4 is 11.9 Å². The zero-order valence-electron chi connectivity index (χ0n) is 15.7. The van der Waals surface area contributed by atoms with Gasteiger partial charge in [0.2, 0.25) is 5.91 Å². The number of hydrogen-bond donors (Lipinski definition) is 4. The number of carboxylic acids is 1. The minimum atomic E-state index is -0.935. The fourth-order valence-corrected chi connectivity index (χ4v) is 3.75. The summed E-state index contributed by atoms with van der Waals surface area (Å²) in [5, 5.41) is 21.8. The van der Waals surface area contributed by atoms with E-state index in [-0.39, 0.29) is 30.8 Å². The molecule has 0 heterocycles. The van der Waals surface area contributed by atoms with E-state index in [1.807, 2.05) is 13.8 Å². The van der Waals surface area contributed by atoms with Crippen LogP contribution in [0.5, 0.6) is 0 Å². The van der Waals surface area contributed by atoms with Crippen molar-refractivity contribution < 1.29 is 19.8 Å². The SMILES string of the molecule is CC(C)C[C@H](C[C@H](O)[C@@H](N)CC1CCCCC1)C(=O)NCCC(=O)O. The Morgan fingerprint density at radius 3 is 2.36 bits per heavy atom. The number of hydrogen-bond acceptors (Lipinski definition) is 4. The molecular weight excluding hydrogens is 320 g/mol. The van der Waals surface area contributed by atoms with Crippen LogP contribution in [-0.2, 0) is 9.59 Å². The molecule has 1 aliphatic rings. The zero-order chi connectivity index (χ0) is 18.8. The van der Waals surface area contributed by atoms with Crippen molar-refractivity contribution in [3.8, 4) is 0 Å². The fourth-order valence-electron chi connectivity index (χ4n) is 3.75.